The molecule has 0 bridgehead atoms. The summed E-state index contributed by atoms with van der Waals surface area (Å²) in [5.41, 5.74) is 6.77. The standard InChI is InChI=1S/C28H30Cl3N2.BF4/c1-32(2)26(20-8-14-24(29)15-9-20)18-12-22-6-5-7-23(28(22)31)13-19-27(33(3)4)21-10-16-25(30)17-11-21;2-1(3,4)5/h8-19H,5-7H2,1-4H3;/q+1;-1. The van der Waals surface area contributed by atoms with Crippen molar-refractivity contribution in [3.05, 3.63) is 110 Å². The van der Waals surface area contributed by atoms with Gasteiger partial charge < -0.3 is 22.2 Å². The minimum absolute atomic E-state index is 0.734. The fraction of sp³-hybridized carbons (Fsp3) is 0.250. The van der Waals surface area contributed by atoms with E-state index in [1.54, 1.807) is 0 Å². The molecular weight excluding hydrogens is 557 g/mol. The van der Waals surface area contributed by atoms with Gasteiger partial charge in [-0.1, -0.05) is 59.1 Å². The molecule has 38 heavy (non-hydrogen) atoms. The van der Waals surface area contributed by atoms with Gasteiger partial charge in [0.25, 0.3) is 0 Å². The zero-order chi connectivity index (χ0) is 28.5. The Labute approximate surface area is 237 Å². The zero-order valence-corrected chi connectivity index (χ0v) is 23.9. The van der Waals surface area contributed by atoms with Crippen molar-refractivity contribution >= 4 is 53.5 Å². The first-order valence-corrected chi connectivity index (χ1v) is 13.0. The van der Waals surface area contributed by atoms with Crippen LogP contribution >= 0.6 is 34.8 Å². The van der Waals surface area contributed by atoms with E-state index < -0.39 is 7.25 Å². The van der Waals surface area contributed by atoms with Crippen molar-refractivity contribution in [2.75, 3.05) is 28.2 Å². The van der Waals surface area contributed by atoms with Crippen LogP contribution in [0.5, 0.6) is 0 Å². The van der Waals surface area contributed by atoms with Crippen molar-refractivity contribution in [2.45, 2.75) is 19.3 Å². The molecule has 2 aromatic rings. The molecule has 2 aromatic carbocycles. The number of hydrogen-bond acceptors (Lipinski definition) is 1. The molecule has 0 N–H and O–H groups in total. The Morgan fingerprint density at radius 3 is 1.82 bits per heavy atom. The molecule has 0 aromatic heterocycles. The molecule has 3 rings (SSSR count). The summed E-state index contributed by atoms with van der Waals surface area (Å²) in [6.45, 7) is 0. The van der Waals surface area contributed by atoms with Gasteiger partial charge in [0.05, 0.1) is 0 Å². The van der Waals surface area contributed by atoms with E-state index in [-0.39, 0.29) is 0 Å². The monoisotopic (exact) mass is 586 g/mol. The molecule has 0 unspecified atom stereocenters. The highest BCUT2D eigenvalue weighted by Crippen LogP contribution is 2.34. The summed E-state index contributed by atoms with van der Waals surface area (Å²) >= 11 is 19.0. The molecule has 0 saturated heterocycles. The molecular formula is C28H30BCl3F4N2. The lowest BCUT2D eigenvalue weighted by atomic mass is 9.93. The van der Waals surface area contributed by atoms with Gasteiger partial charge in [-0.3, -0.25) is 0 Å². The Kier molecular flexibility index (Phi) is 12.2. The maximum absolute atomic E-state index is 9.75. The van der Waals surface area contributed by atoms with Crippen LogP contribution in [0.2, 0.25) is 10.0 Å². The molecule has 1 aliphatic carbocycles. The third kappa shape index (κ3) is 10.7. The van der Waals surface area contributed by atoms with Crippen molar-refractivity contribution < 1.29 is 21.8 Å². The fourth-order valence-corrected chi connectivity index (χ4v) is 4.38. The Hall–Kier alpha value is -2.48. The van der Waals surface area contributed by atoms with Gasteiger partial charge in [0, 0.05) is 46.5 Å². The second-order valence-corrected chi connectivity index (χ2v) is 10.2. The van der Waals surface area contributed by atoms with Crippen LogP contribution in [0.4, 0.5) is 17.3 Å². The molecule has 2 nitrogen and oxygen atoms in total. The predicted octanol–water partition coefficient (Wildman–Crippen LogP) is 9.12. The van der Waals surface area contributed by atoms with E-state index in [0.717, 1.165) is 68.0 Å². The third-order valence-corrected chi connectivity index (χ3v) is 6.57. The SMILES string of the molecule is CN(C)/C(=C/C=C1\CCCC(/C=C/C(c2ccc(Cl)cc2)=[N+](C)C)=C1Cl)c1ccc(Cl)cc1.F[B-](F)(F)F. The Morgan fingerprint density at radius 1 is 0.842 bits per heavy atom. The van der Waals surface area contributed by atoms with Crippen molar-refractivity contribution in [1.82, 2.24) is 4.90 Å². The maximum atomic E-state index is 9.75. The number of hydrogen-bond donors (Lipinski definition) is 0. The molecule has 1 aliphatic rings. The Morgan fingerprint density at radius 2 is 1.34 bits per heavy atom. The lowest BCUT2D eigenvalue weighted by Crippen LogP contribution is -2.12. The normalized spacial score (nSPS) is 15.4. The van der Waals surface area contributed by atoms with E-state index in [2.05, 4.69) is 33.8 Å². The summed E-state index contributed by atoms with van der Waals surface area (Å²) in [5, 5.41) is 2.31. The number of nitrogens with zero attached hydrogens (tertiary/aromatic N) is 2. The summed E-state index contributed by atoms with van der Waals surface area (Å²) in [6.07, 6.45) is 11.6. The van der Waals surface area contributed by atoms with Gasteiger partial charge in [-0.2, -0.15) is 0 Å². The predicted molar refractivity (Wildman–Crippen MR) is 155 cm³/mol. The largest absolute Gasteiger partial charge is 0.673 e. The van der Waals surface area contributed by atoms with Crippen molar-refractivity contribution in [3.63, 3.8) is 0 Å². The van der Waals surface area contributed by atoms with E-state index in [4.69, 9.17) is 34.8 Å². The van der Waals surface area contributed by atoms with Gasteiger partial charge in [0.15, 0.2) is 0 Å². The maximum Gasteiger partial charge on any atom is 0.673 e. The molecule has 0 aliphatic heterocycles. The van der Waals surface area contributed by atoms with E-state index in [1.165, 1.54) is 0 Å². The fourth-order valence-electron chi connectivity index (χ4n) is 3.82. The molecule has 10 heteroatoms. The van der Waals surface area contributed by atoms with Gasteiger partial charge in [-0.25, -0.2) is 4.58 Å². The van der Waals surface area contributed by atoms with Crippen LogP contribution in [-0.2, 0) is 0 Å². The van der Waals surface area contributed by atoms with Crippen LogP contribution in [0.25, 0.3) is 5.70 Å². The number of benzene rings is 2. The summed E-state index contributed by atoms with van der Waals surface area (Å²) in [6, 6.07) is 15.8. The zero-order valence-electron chi connectivity index (χ0n) is 21.7. The summed E-state index contributed by atoms with van der Waals surface area (Å²) < 4.78 is 41.1. The minimum Gasteiger partial charge on any atom is -0.418 e. The van der Waals surface area contributed by atoms with E-state index in [0.29, 0.717) is 0 Å². The van der Waals surface area contributed by atoms with Gasteiger partial charge in [-0.15, -0.1) is 0 Å². The molecule has 0 amide bonds. The first-order chi connectivity index (χ1) is 17.8. The molecule has 0 radical (unpaired) electrons. The Bertz CT molecular complexity index is 1230. The van der Waals surface area contributed by atoms with Gasteiger partial charge in [0.1, 0.15) is 14.1 Å². The lowest BCUT2D eigenvalue weighted by Gasteiger charge is -2.19. The lowest BCUT2D eigenvalue weighted by molar-refractivity contribution is -0.463. The smallest absolute Gasteiger partial charge is 0.418 e. The van der Waals surface area contributed by atoms with Crippen LogP contribution in [0.1, 0.15) is 30.4 Å². The number of allylic oxidation sites excluding steroid dienone is 7. The van der Waals surface area contributed by atoms with E-state index in [9.17, 15) is 17.3 Å². The molecule has 0 spiro atoms. The highest BCUT2D eigenvalue weighted by Gasteiger charge is 2.20. The van der Waals surface area contributed by atoms with Crippen LogP contribution in [0.15, 0.2) is 89.0 Å². The third-order valence-electron chi connectivity index (χ3n) is 5.58. The molecule has 0 atom stereocenters. The number of halogens is 7. The summed E-state index contributed by atoms with van der Waals surface area (Å²) in [5.74, 6) is 0. The topological polar surface area (TPSA) is 6.25 Å². The van der Waals surface area contributed by atoms with Crippen molar-refractivity contribution in [2.24, 2.45) is 0 Å². The average molecular weight is 588 g/mol. The van der Waals surface area contributed by atoms with Gasteiger partial charge in [0.2, 0.25) is 5.71 Å². The molecule has 0 fully saturated rings. The van der Waals surface area contributed by atoms with Crippen molar-refractivity contribution in [1.29, 1.82) is 0 Å². The van der Waals surface area contributed by atoms with E-state index in [1.807, 2.05) is 76.7 Å². The minimum atomic E-state index is -6.00. The molecule has 0 saturated carbocycles. The highest BCUT2D eigenvalue weighted by molar-refractivity contribution is 6.50. The van der Waals surface area contributed by atoms with E-state index >= 15 is 0 Å². The quantitative estimate of drug-likeness (QED) is 0.141. The van der Waals surface area contributed by atoms with Crippen LogP contribution in [0, 0.1) is 0 Å². The average Bonchev–Trinajstić information content (AvgIpc) is 2.82. The van der Waals surface area contributed by atoms with Crippen LogP contribution in [0.3, 0.4) is 0 Å². The van der Waals surface area contributed by atoms with Gasteiger partial charge >= 0.3 is 7.25 Å². The van der Waals surface area contributed by atoms with Crippen molar-refractivity contribution in [3.8, 4) is 0 Å². The van der Waals surface area contributed by atoms with Crippen LogP contribution < -0.4 is 0 Å². The van der Waals surface area contributed by atoms with Gasteiger partial charge in [-0.05, 0) is 78.4 Å². The molecule has 204 valence electrons. The number of rotatable bonds is 6. The first-order valence-electron chi connectivity index (χ1n) is 11.8. The Balaban J connectivity index is 0.000000926. The van der Waals surface area contributed by atoms with Crippen LogP contribution in [-0.4, -0.2) is 50.6 Å². The second-order valence-electron chi connectivity index (χ2n) is 8.95. The molecule has 0 heterocycles. The second kappa shape index (κ2) is 14.6. The first kappa shape index (κ1) is 31.7. The summed E-state index contributed by atoms with van der Waals surface area (Å²) in [4.78, 5) is 2.10. The summed E-state index contributed by atoms with van der Waals surface area (Å²) in [7, 11) is 2.17. The highest BCUT2D eigenvalue weighted by atomic mass is 35.5.